The van der Waals surface area contributed by atoms with E-state index in [0.717, 1.165) is 24.8 Å². The number of rotatable bonds is 4. The number of aryl methyl sites for hydroxylation is 1. The van der Waals surface area contributed by atoms with Gasteiger partial charge in [0.1, 0.15) is 4.90 Å². The van der Waals surface area contributed by atoms with Gasteiger partial charge in [-0.2, -0.15) is 4.31 Å². The van der Waals surface area contributed by atoms with Crippen molar-refractivity contribution in [1.29, 1.82) is 0 Å². The molecule has 1 fully saturated rings. The van der Waals surface area contributed by atoms with Gasteiger partial charge < -0.3 is 5.11 Å². The minimum Gasteiger partial charge on any atom is -0.391 e. The highest BCUT2D eigenvalue weighted by molar-refractivity contribution is 7.89. The maximum Gasteiger partial charge on any atom is 0.244 e. The predicted octanol–water partition coefficient (Wildman–Crippen LogP) is 3.00. The first kappa shape index (κ1) is 16.9. The third-order valence-electron chi connectivity index (χ3n) is 4.41. The normalized spacial score (nSPS) is 21.7. The van der Waals surface area contributed by atoms with Gasteiger partial charge in [0.2, 0.25) is 10.0 Å². The van der Waals surface area contributed by atoms with Crippen molar-refractivity contribution in [2.75, 3.05) is 13.1 Å². The molecule has 1 saturated heterocycles. The van der Waals surface area contributed by atoms with E-state index in [1.165, 1.54) is 11.3 Å². The number of aliphatic hydroxyl groups excluding tert-OH is 1. The van der Waals surface area contributed by atoms with Gasteiger partial charge in [-0.3, -0.25) is 0 Å². The minimum absolute atomic E-state index is 0.213. The SMILES string of the molecule is Cc1csc(CO)c1S(=O)(=O)N1CCCC(C(C)C)CC1. The number of aliphatic hydroxyl groups is 1. The summed E-state index contributed by atoms with van der Waals surface area (Å²) in [5.41, 5.74) is 0.744. The molecule has 0 bridgehead atoms. The first-order valence-electron chi connectivity index (χ1n) is 7.56. The third-order valence-corrected chi connectivity index (χ3v) is 7.75. The number of thiophene rings is 1. The van der Waals surface area contributed by atoms with Crippen LogP contribution in [-0.4, -0.2) is 30.9 Å². The highest BCUT2D eigenvalue weighted by Gasteiger charge is 2.31. The fourth-order valence-corrected chi connectivity index (χ4v) is 6.18. The summed E-state index contributed by atoms with van der Waals surface area (Å²) in [6.07, 6.45) is 2.94. The molecule has 21 heavy (non-hydrogen) atoms. The lowest BCUT2D eigenvalue weighted by atomic mass is 9.89. The topological polar surface area (TPSA) is 57.6 Å². The summed E-state index contributed by atoms with van der Waals surface area (Å²) >= 11 is 1.32. The zero-order chi connectivity index (χ0) is 15.6. The number of nitrogens with zero attached hydrogens (tertiary/aromatic N) is 1. The van der Waals surface area contributed by atoms with Gasteiger partial charge in [0.05, 0.1) is 11.5 Å². The van der Waals surface area contributed by atoms with Crippen LogP contribution in [0.2, 0.25) is 0 Å². The van der Waals surface area contributed by atoms with Crippen molar-refractivity contribution in [2.24, 2.45) is 11.8 Å². The molecule has 2 heterocycles. The van der Waals surface area contributed by atoms with Crippen LogP contribution in [0.25, 0.3) is 0 Å². The standard InChI is InChI=1S/C15H25NO3S2/c1-11(2)13-5-4-7-16(8-6-13)21(18,19)15-12(3)10-20-14(15)9-17/h10-11,13,17H,4-9H2,1-3H3. The fraction of sp³-hybridized carbons (Fsp3) is 0.733. The van der Waals surface area contributed by atoms with E-state index in [2.05, 4.69) is 13.8 Å². The van der Waals surface area contributed by atoms with E-state index < -0.39 is 10.0 Å². The van der Waals surface area contributed by atoms with E-state index in [-0.39, 0.29) is 6.61 Å². The Kier molecular flexibility index (Phi) is 5.46. The molecule has 1 aromatic heterocycles. The second-order valence-electron chi connectivity index (χ2n) is 6.17. The molecule has 1 unspecified atom stereocenters. The molecule has 0 amide bonds. The second kappa shape index (κ2) is 6.77. The lowest BCUT2D eigenvalue weighted by Gasteiger charge is -2.22. The second-order valence-corrected chi connectivity index (χ2v) is 9.01. The van der Waals surface area contributed by atoms with Crippen molar-refractivity contribution in [3.05, 3.63) is 15.8 Å². The van der Waals surface area contributed by atoms with Crippen LogP contribution in [0.4, 0.5) is 0 Å². The Bertz CT molecular complexity index is 578. The van der Waals surface area contributed by atoms with Crippen molar-refractivity contribution in [3.63, 3.8) is 0 Å². The molecule has 0 radical (unpaired) electrons. The maximum absolute atomic E-state index is 12.9. The van der Waals surface area contributed by atoms with Gasteiger partial charge in [-0.25, -0.2) is 8.42 Å². The molecular weight excluding hydrogens is 306 g/mol. The number of sulfonamides is 1. The number of hydrogen-bond acceptors (Lipinski definition) is 4. The lowest BCUT2D eigenvalue weighted by Crippen LogP contribution is -2.33. The van der Waals surface area contributed by atoms with Gasteiger partial charge >= 0.3 is 0 Å². The molecule has 1 aliphatic rings. The zero-order valence-corrected chi connectivity index (χ0v) is 14.6. The van der Waals surface area contributed by atoms with Crippen molar-refractivity contribution < 1.29 is 13.5 Å². The van der Waals surface area contributed by atoms with E-state index in [1.807, 2.05) is 5.38 Å². The summed E-state index contributed by atoms with van der Waals surface area (Å²) in [6.45, 7) is 7.19. The van der Waals surface area contributed by atoms with Crippen LogP contribution in [-0.2, 0) is 16.6 Å². The summed E-state index contributed by atoms with van der Waals surface area (Å²) < 4.78 is 27.4. The average Bonchev–Trinajstić information content (AvgIpc) is 2.65. The van der Waals surface area contributed by atoms with Gasteiger partial charge in [-0.1, -0.05) is 13.8 Å². The summed E-state index contributed by atoms with van der Waals surface area (Å²) in [4.78, 5) is 0.884. The smallest absolute Gasteiger partial charge is 0.244 e. The van der Waals surface area contributed by atoms with Crippen LogP contribution in [0.15, 0.2) is 10.3 Å². The minimum atomic E-state index is -3.48. The molecule has 0 saturated carbocycles. The molecular formula is C15H25NO3S2. The molecule has 2 rings (SSSR count). The van der Waals surface area contributed by atoms with Crippen molar-refractivity contribution >= 4 is 21.4 Å². The van der Waals surface area contributed by atoms with E-state index >= 15 is 0 Å². The third kappa shape index (κ3) is 3.50. The van der Waals surface area contributed by atoms with E-state index in [1.54, 1.807) is 11.2 Å². The Hall–Kier alpha value is -0.430. The molecule has 1 atom stereocenters. The molecule has 0 aliphatic carbocycles. The number of hydrogen-bond donors (Lipinski definition) is 1. The van der Waals surface area contributed by atoms with Crippen LogP contribution in [0.5, 0.6) is 0 Å². The Labute approximate surface area is 131 Å². The molecule has 1 aliphatic heterocycles. The summed E-state index contributed by atoms with van der Waals surface area (Å²) in [5.74, 6) is 1.20. The van der Waals surface area contributed by atoms with Crippen molar-refractivity contribution in [1.82, 2.24) is 4.31 Å². The lowest BCUT2D eigenvalue weighted by molar-refractivity contribution is 0.282. The van der Waals surface area contributed by atoms with E-state index in [9.17, 15) is 13.5 Å². The molecule has 1 N–H and O–H groups in total. The largest absolute Gasteiger partial charge is 0.391 e. The van der Waals surface area contributed by atoms with Gasteiger partial charge in [-0.15, -0.1) is 11.3 Å². The summed E-state index contributed by atoms with van der Waals surface area (Å²) in [6, 6.07) is 0. The molecule has 6 heteroatoms. The first-order valence-corrected chi connectivity index (χ1v) is 9.88. The Morgan fingerprint density at radius 3 is 2.71 bits per heavy atom. The molecule has 0 aromatic carbocycles. The quantitative estimate of drug-likeness (QED) is 0.923. The van der Waals surface area contributed by atoms with Crippen molar-refractivity contribution in [2.45, 2.75) is 51.5 Å². The van der Waals surface area contributed by atoms with E-state index in [4.69, 9.17) is 0 Å². The Balaban J connectivity index is 2.25. The molecule has 0 spiro atoms. The molecule has 4 nitrogen and oxygen atoms in total. The van der Waals surface area contributed by atoms with Gasteiger partial charge in [0.15, 0.2) is 0 Å². The highest BCUT2D eigenvalue weighted by Crippen LogP contribution is 2.32. The van der Waals surface area contributed by atoms with E-state index in [0.29, 0.717) is 34.7 Å². The first-order chi connectivity index (χ1) is 9.87. The average molecular weight is 332 g/mol. The van der Waals surface area contributed by atoms with Gasteiger partial charge in [0.25, 0.3) is 0 Å². The molecule has 120 valence electrons. The van der Waals surface area contributed by atoms with Crippen LogP contribution < -0.4 is 0 Å². The summed E-state index contributed by atoms with van der Waals surface area (Å²) in [7, 11) is -3.48. The predicted molar refractivity (Wildman–Crippen MR) is 85.9 cm³/mol. The maximum atomic E-state index is 12.9. The fourth-order valence-electron chi connectivity index (χ4n) is 3.07. The summed E-state index contributed by atoms with van der Waals surface area (Å²) in [5, 5.41) is 11.2. The van der Waals surface area contributed by atoms with Crippen molar-refractivity contribution in [3.8, 4) is 0 Å². The van der Waals surface area contributed by atoms with Gasteiger partial charge in [0, 0.05) is 13.1 Å². The van der Waals surface area contributed by atoms with Crippen LogP contribution in [0.3, 0.4) is 0 Å². The Morgan fingerprint density at radius 2 is 2.10 bits per heavy atom. The monoisotopic (exact) mass is 331 g/mol. The molecule has 1 aromatic rings. The Morgan fingerprint density at radius 1 is 1.38 bits per heavy atom. The van der Waals surface area contributed by atoms with Gasteiger partial charge in [-0.05, 0) is 49.0 Å². The van der Waals surface area contributed by atoms with Crippen LogP contribution in [0.1, 0.15) is 43.6 Å². The highest BCUT2D eigenvalue weighted by atomic mass is 32.2. The zero-order valence-electron chi connectivity index (χ0n) is 13.0. The van der Waals surface area contributed by atoms with Crippen LogP contribution >= 0.6 is 11.3 Å². The van der Waals surface area contributed by atoms with Crippen LogP contribution in [0, 0.1) is 18.8 Å².